The quantitative estimate of drug-likeness (QED) is 0.480. The van der Waals surface area contributed by atoms with Crippen molar-refractivity contribution in [3.8, 4) is 0 Å². The standard InChI is InChI=1S/C19H20INO3S/c20-18-10-8-16(9-11-18)13-21-19(7-4-12-25(21,22)23)15-24-14-17-5-2-1-3-6-17/h1-11,19H,12-15H2/t19-/m1/s1. The summed E-state index contributed by atoms with van der Waals surface area (Å²) >= 11 is 2.24. The molecular weight excluding hydrogens is 449 g/mol. The third-order valence-corrected chi connectivity index (χ3v) is 6.49. The fraction of sp³-hybridized carbons (Fsp3) is 0.263. The van der Waals surface area contributed by atoms with Crippen LogP contribution in [0.4, 0.5) is 0 Å². The molecule has 25 heavy (non-hydrogen) atoms. The molecule has 0 saturated carbocycles. The van der Waals surface area contributed by atoms with E-state index >= 15 is 0 Å². The Morgan fingerprint density at radius 3 is 2.48 bits per heavy atom. The maximum Gasteiger partial charge on any atom is 0.218 e. The van der Waals surface area contributed by atoms with E-state index in [0.717, 1.165) is 14.7 Å². The maximum atomic E-state index is 12.5. The van der Waals surface area contributed by atoms with Crippen LogP contribution in [0.2, 0.25) is 0 Å². The first-order chi connectivity index (χ1) is 12.0. The van der Waals surface area contributed by atoms with Crippen molar-refractivity contribution >= 4 is 32.6 Å². The maximum absolute atomic E-state index is 12.5. The largest absolute Gasteiger partial charge is 0.375 e. The van der Waals surface area contributed by atoms with E-state index in [2.05, 4.69) is 22.6 Å². The van der Waals surface area contributed by atoms with Crippen LogP contribution in [0.1, 0.15) is 11.1 Å². The van der Waals surface area contributed by atoms with E-state index in [0.29, 0.717) is 19.8 Å². The molecule has 0 saturated heterocycles. The van der Waals surface area contributed by atoms with E-state index in [9.17, 15) is 8.42 Å². The van der Waals surface area contributed by atoms with Crippen molar-refractivity contribution in [1.82, 2.24) is 4.31 Å². The van der Waals surface area contributed by atoms with Crippen molar-refractivity contribution in [2.45, 2.75) is 19.2 Å². The molecule has 0 spiro atoms. The summed E-state index contributed by atoms with van der Waals surface area (Å²) in [4.78, 5) is 0. The molecule has 0 N–H and O–H groups in total. The van der Waals surface area contributed by atoms with E-state index in [1.165, 1.54) is 0 Å². The minimum atomic E-state index is -3.31. The Bertz CT molecular complexity index is 820. The molecule has 3 rings (SSSR count). The number of sulfonamides is 1. The van der Waals surface area contributed by atoms with Crippen molar-refractivity contribution in [3.63, 3.8) is 0 Å². The van der Waals surface area contributed by atoms with Gasteiger partial charge in [0.2, 0.25) is 10.0 Å². The molecule has 132 valence electrons. The Morgan fingerprint density at radius 2 is 1.76 bits per heavy atom. The first-order valence-corrected chi connectivity index (χ1v) is 10.8. The summed E-state index contributed by atoms with van der Waals surface area (Å²) in [7, 11) is -3.31. The summed E-state index contributed by atoms with van der Waals surface area (Å²) in [6, 6.07) is 17.5. The van der Waals surface area contributed by atoms with Gasteiger partial charge in [0.25, 0.3) is 0 Å². The van der Waals surface area contributed by atoms with Crippen LogP contribution in [0.5, 0.6) is 0 Å². The molecule has 1 atom stereocenters. The molecule has 1 aliphatic heterocycles. The van der Waals surface area contributed by atoms with E-state index in [1.807, 2.05) is 60.7 Å². The summed E-state index contributed by atoms with van der Waals surface area (Å²) in [5.41, 5.74) is 2.06. The average Bonchev–Trinajstić information content (AvgIpc) is 2.60. The van der Waals surface area contributed by atoms with Crippen LogP contribution in [0, 0.1) is 3.57 Å². The Hall–Kier alpha value is -1.22. The Kier molecular flexibility index (Phi) is 6.27. The molecule has 0 unspecified atom stereocenters. The zero-order valence-electron chi connectivity index (χ0n) is 13.7. The van der Waals surface area contributed by atoms with Gasteiger partial charge in [-0.3, -0.25) is 0 Å². The molecule has 0 bridgehead atoms. The van der Waals surface area contributed by atoms with Gasteiger partial charge in [0.15, 0.2) is 0 Å². The van der Waals surface area contributed by atoms with Crippen LogP contribution < -0.4 is 0 Å². The molecule has 4 nitrogen and oxygen atoms in total. The predicted octanol–water partition coefficient (Wildman–Crippen LogP) is 3.58. The molecule has 1 aliphatic rings. The number of halogens is 1. The number of rotatable bonds is 6. The summed E-state index contributed by atoms with van der Waals surface area (Å²) in [6.07, 6.45) is 3.65. The van der Waals surface area contributed by atoms with Crippen molar-refractivity contribution in [2.24, 2.45) is 0 Å². The lowest BCUT2D eigenvalue weighted by Gasteiger charge is -2.31. The van der Waals surface area contributed by atoms with Gasteiger partial charge in [-0.2, -0.15) is 4.31 Å². The van der Waals surface area contributed by atoms with Gasteiger partial charge in [0, 0.05) is 10.1 Å². The highest BCUT2D eigenvalue weighted by atomic mass is 127. The van der Waals surface area contributed by atoms with Crippen LogP contribution in [0.15, 0.2) is 66.7 Å². The topological polar surface area (TPSA) is 46.6 Å². The second-order valence-electron chi connectivity index (χ2n) is 5.95. The third kappa shape index (κ3) is 5.13. The highest BCUT2D eigenvalue weighted by Crippen LogP contribution is 2.20. The van der Waals surface area contributed by atoms with Crippen LogP contribution in [0.25, 0.3) is 0 Å². The first kappa shape index (κ1) is 18.6. The molecule has 6 heteroatoms. The SMILES string of the molecule is O=S1(=O)CC=C[C@H](COCc2ccccc2)N1Cc1ccc(I)cc1. The Balaban J connectivity index is 1.68. The predicted molar refractivity (Wildman–Crippen MR) is 108 cm³/mol. The minimum Gasteiger partial charge on any atom is -0.375 e. The van der Waals surface area contributed by atoms with Gasteiger partial charge >= 0.3 is 0 Å². The molecule has 2 aromatic rings. The summed E-state index contributed by atoms with van der Waals surface area (Å²) in [5, 5.41) is 0. The van der Waals surface area contributed by atoms with Gasteiger partial charge < -0.3 is 4.74 Å². The second-order valence-corrected chi connectivity index (χ2v) is 9.16. The van der Waals surface area contributed by atoms with E-state index in [-0.39, 0.29) is 11.8 Å². The van der Waals surface area contributed by atoms with Gasteiger partial charge in [0.05, 0.1) is 25.0 Å². The second kappa shape index (κ2) is 8.44. The molecule has 0 amide bonds. The minimum absolute atomic E-state index is 0.0482. The average molecular weight is 469 g/mol. The van der Waals surface area contributed by atoms with Gasteiger partial charge in [-0.05, 0) is 45.9 Å². The Morgan fingerprint density at radius 1 is 1.04 bits per heavy atom. The van der Waals surface area contributed by atoms with Gasteiger partial charge in [-0.25, -0.2) is 8.42 Å². The Labute approximate surface area is 162 Å². The molecule has 2 aromatic carbocycles. The summed E-state index contributed by atoms with van der Waals surface area (Å²) in [6.45, 7) is 1.18. The van der Waals surface area contributed by atoms with Gasteiger partial charge in [-0.1, -0.05) is 54.6 Å². The molecule has 0 radical (unpaired) electrons. The number of nitrogens with zero attached hydrogens (tertiary/aromatic N) is 1. The van der Waals surface area contributed by atoms with E-state index in [1.54, 1.807) is 10.4 Å². The highest BCUT2D eigenvalue weighted by molar-refractivity contribution is 14.1. The van der Waals surface area contributed by atoms with Crippen molar-refractivity contribution in [1.29, 1.82) is 0 Å². The fourth-order valence-electron chi connectivity index (χ4n) is 2.73. The third-order valence-electron chi connectivity index (χ3n) is 4.04. The van der Waals surface area contributed by atoms with Crippen molar-refractivity contribution < 1.29 is 13.2 Å². The molecular formula is C19H20INO3S. The number of ether oxygens (including phenoxy) is 1. The number of hydrogen-bond acceptors (Lipinski definition) is 3. The summed E-state index contributed by atoms with van der Waals surface area (Å²) < 4.78 is 33.5. The van der Waals surface area contributed by atoms with Crippen LogP contribution in [-0.4, -0.2) is 31.1 Å². The van der Waals surface area contributed by atoms with Crippen molar-refractivity contribution in [3.05, 3.63) is 81.4 Å². The van der Waals surface area contributed by atoms with E-state index in [4.69, 9.17) is 4.74 Å². The summed E-state index contributed by atoms with van der Waals surface area (Å²) in [5.74, 6) is 0.0482. The molecule has 0 fully saturated rings. The van der Waals surface area contributed by atoms with Crippen LogP contribution in [0.3, 0.4) is 0 Å². The van der Waals surface area contributed by atoms with Gasteiger partial charge in [0.1, 0.15) is 0 Å². The lowest BCUT2D eigenvalue weighted by molar-refractivity contribution is 0.0889. The first-order valence-electron chi connectivity index (χ1n) is 8.07. The monoisotopic (exact) mass is 469 g/mol. The van der Waals surface area contributed by atoms with E-state index < -0.39 is 10.0 Å². The van der Waals surface area contributed by atoms with Crippen molar-refractivity contribution in [2.75, 3.05) is 12.4 Å². The molecule has 0 aliphatic carbocycles. The smallest absolute Gasteiger partial charge is 0.218 e. The zero-order valence-corrected chi connectivity index (χ0v) is 16.7. The van der Waals surface area contributed by atoms with Crippen LogP contribution >= 0.6 is 22.6 Å². The lowest BCUT2D eigenvalue weighted by atomic mass is 10.2. The fourth-order valence-corrected chi connectivity index (χ4v) is 4.52. The number of benzene rings is 2. The normalized spacial score (nSPS) is 19.8. The molecule has 0 aromatic heterocycles. The number of hydrogen-bond donors (Lipinski definition) is 0. The van der Waals surface area contributed by atoms with Crippen LogP contribution in [-0.2, 0) is 27.9 Å². The highest BCUT2D eigenvalue weighted by Gasteiger charge is 2.31. The van der Waals surface area contributed by atoms with Gasteiger partial charge in [-0.15, -0.1) is 0 Å². The zero-order chi connectivity index (χ0) is 17.7. The molecule has 1 heterocycles. The lowest BCUT2D eigenvalue weighted by Crippen LogP contribution is -2.44.